The maximum atomic E-state index is 9.93. The van der Waals surface area contributed by atoms with Gasteiger partial charge in [-0.05, 0) is 31.9 Å². The molecule has 3 heterocycles. The van der Waals surface area contributed by atoms with Gasteiger partial charge in [0.2, 0.25) is 0 Å². The van der Waals surface area contributed by atoms with Gasteiger partial charge in [0.05, 0.1) is 17.6 Å². The van der Waals surface area contributed by atoms with Gasteiger partial charge in [0.15, 0.2) is 10.8 Å². The number of nitrogens with zero attached hydrogens (tertiary/aromatic N) is 2. The summed E-state index contributed by atoms with van der Waals surface area (Å²) >= 11 is 1.61. The molecule has 102 valence electrons. The molecule has 0 aliphatic carbocycles. The molecule has 1 N–H and O–H groups in total. The molecule has 0 amide bonds. The van der Waals surface area contributed by atoms with Crippen molar-refractivity contribution in [1.29, 1.82) is 0 Å². The van der Waals surface area contributed by atoms with E-state index >= 15 is 0 Å². The van der Waals surface area contributed by atoms with E-state index in [9.17, 15) is 5.11 Å². The smallest absolute Gasteiger partial charge is 0.162 e. The van der Waals surface area contributed by atoms with Crippen LogP contribution in [0.1, 0.15) is 25.5 Å². The molecule has 19 heavy (non-hydrogen) atoms. The normalized spacial score (nSPS) is 19.7. The predicted octanol–water partition coefficient (Wildman–Crippen LogP) is 2.75. The fourth-order valence-corrected chi connectivity index (χ4v) is 3.09. The van der Waals surface area contributed by atoms with Gasteiger partial charge < -0.3 is 9.52 Å². The minimum absolute atomic E-state index is 0.488. The van der Waals surface area contributed by atoms with Crippen molar-refractivity contribution in [3.63, 3.8) is 0 Å². The average Bonchev–Trinajstić information content (AvgIpc) is 3.02. The van der Waals surface area contributed by atoms with Crippen LogP contribution < -0.4 is 0 Å². The second kappa shape index (κ2) is 5.07. The molecule has 0 radical (unpaired) electrons. The van der Waals surface area contributed by atoms with Crippen molar-refractivity contribution in [3.8, 4) is 10.8 Å². The minimum atomic E-state index is -0.488. The largest absolute Gasteiger partial charge is 0.462 e. The van der Waals surface area contributed by atoms with E-state index in [4.69, 9.17) is 4.42 Å². The summed E-state index contributed by atoms with van der Waals surface area (Å²) in [5.74, 6) is 0.831. The van der Waals surface area contributed by atoms with E-state index in [1.807, 2.05) is 19.1 Å². The standard InChI is InChI=1S/C14H18N2O2S/c1-14(17)4-6-16(7-5-14)9-11-10-19-13(15-11)12-3-2-8-18-12/h2-3,8,10,17H,4-7,9H2,1H3. The zero-order valence-electron chi connectivity index (χ0n) is 11.0. The Morgan fingerprint density at radius 1 is 1.47 bits per heavy atom. The molecule has 5 heteroatoms. The summed E-state index contributed by atoms with van der Waals surface area (Å²) in [6.45, 7) is 4.64. The number of furan rings is 1. The quantitative estimate of drug-likeness (QED) is 0.938. The second-order valence-corrected chi connectivity index (χ2v) is 6.25. The summed E-state index contributed by atoms with van der Waals surface area (Å²) in [7, 11) is 0. The number of hydrogen-bond acceptors (Lipinski definition) is 5. The van der Waals surface area contributed by atoms with E-state index in [1.165, 1.54) is 0 Å². The lowest BCUT2D eigenvalue weighted by Gasteiger charge is -2.35. The van der Waals surface area contributed by atoms with Gasteiger partial charge in [0.1, 0.15) is 0 Å². The van der Waals surface area contributed by atoms with Crippen LogP contribution in [0.5, 0.6) is 0 Å². The first kappa shape index (κ1) is 12.8. The molecule has 2 aromatic rings. The molecule has 3 rings (SSSR count). The monoisotopic (exact) mass is 278 g/mol. The van der Waals surface area contributed by atoms with E-state index < -0.39 is 5.60 Å². The van der Waals surface area contributed by atoms with Gasteiger partial charge in [0.25, 0.3) is 0 Å². The van der Waals surface area contributed by atoms with E-state index in [2.05, 4.69) is 15.3 Å². The van der Waals surface area contributed by atoms with Crippen LogP contribution in [0.3, 0.4) is 0 Å². The maximum absolute atomic E-state index is 9.93. The molecule has 1 aliphatic heterocycles. The summed E-state index contributed by atoms with van der Waals surface area (Å²) in [6, 6.07) is 3.81. The van der Waals surface area contributed by atoms with Crippen LogP contribution in [0.4, 0.5) is 0 Å². The predicted molar refractivity (Wildman–Crippen MR) is 75.0 cm³/mol. The summed E-state index contributed by atoms with van der Waals surface area (Å²) < 4.78 is 5.35. The number of rotatable bonds is 3. The fraction of sp³-hybridized carbons (Fsp3) is 0.500. The van der Waals surface area contributed by atoms with Crippen LogP contribution in [0, 0.1) is 0 Å². The topological polar surface area (TPSA) is 49.5 Å². The Balaban J connectivity index is 1.62. The number of thiazole rings is 1. The number of likely N-dealkylation sites (tertiary alicyclic amines) is 1. The molecule has 1 saturated heterocycles. The molecule has 0 unspecified atom stereocenters. The van der Waals surface area contributed by atoms with Crippen molar-refractivity contribution in [2.45, 2.75) is 31.9 Å². The van der Waals surface area contributed by atoms with Crippen LogP contribution >= 0.6 is 11.3 Å². The highest BCUT2D eigenvalue weighted by Crippen LogP contribution is 2.26. The van der Waals surface area contributed by atoms with Crippen molar-refractivity contribution < 1.29 is 9.52 Å². The van der Waals surface area contributed by atoms with Crippen LogP contribution in [0.15, 0.2) is 28.2 Å². The Kier molecular flexibility index (Phi) is 3.43. The number of aromatic nitrogens is 1. The van der Waals surface area contributed by atoms with Crippen molar-refractivity contribution in [2.75, 3.05) is 13.1 Å². The van der Waals surface area contributed by atoms with Gasteiger partial charge in [-0.15, -0.1) is 11.3 Å². The lowest BCUT2D eigenvalue weighted by Crippen LogP contribution is -2.41. The maximum Gasteiger partial charge on any atom is 0.162 e. The second-order valence-electron chi connectivity index (χ2n) is 5.39. The molecule has 4 nitrogen and oxygen atoms in total. The van der Waals surface area contributed by atoms with Gasteiger partial charge in [-0.25, -0.2) is 4.98 Å². The molecule has 0 saturated carbocycles. The molecule has 1 aliphatic rings. The number of piperidine rings is 1. The van der Waals surface area contributed by atoms with Gasteiger partial charge >= 0.3 is 0 Å². The van der Waals surface area contributed by atoms with Gasteiger partial charge in [0, 0.05) is 25.0 Å². The zero-order valence-corrected chi connectivity index (χ0v) is 11.8. The summed E-state index contributed by atoms with van der Waals surface area (Å²) in [4.78, 5) is 6.95. The highest BCUT2D eigenvalue weighted by molar-refractivity contribution is 7.13. The van der Waals surface area contributed by atoms with E-state index in [1.54, 1.807) is 17.6 Å². The van der Waals surface area contributed by atoms with Gasteiger partial charge in [-0.2, -0.15) is 0 Å². The highest BCUT2D eigenvalue weighted by Gasteiger charge is 2.27. The molecular formula is C14H18N2O2S. The Labute approximate surface area is 116 Å². The van der Waals surface area contributed by atoms with E-state index in [0.29, 0.717) is 0 Å². The highest BCUT2D eigenvalue weighted by atomic mass is 32.1. The Morgan fingerprint density at radius 3 is 2.95 bits per heavy atom. The van der Waals surface area contributed by atoms with Crippen LogP contribution in [0.25, 0.3) is 10.8 Å². The zero-order chi connectivity index (χ0) is 13.3. The summed E-state index contributed by atoms with van der Waals surface area (Å²) in [5, 5.41) is 13.0. The first-order valence-electron chi connectivity index (χ1n) is 6.55. The molecule has 0 atom stereocenters. The van der Waals surface area contributed by atoms with Gasteiger partial charge in [-0.3, -0.25) is 4.90 Å². The van der Waals surface area contributed by atoms with E-state index in [0.717, 1.165) is 48.9 Å². The minimum Gasteiger partial charge on any atom is -0.462 e. The fourth-order valence-electron chi connectivity index (χ4n) is 2.31. The Hall–Kier alpha value is -1.17. The lowest BCUT2D eigenvalue weighted by atomic mass is 9.94. The van der Waals surface area contributed by atoms with Crippen molar-refractivity contribution >= 4 is 11.3 Å². The average molecular weight is 278 g/mol. The van der Waals surface area contributed by atoms with Crippen molar-refractivity contribution in [1.82, 2.24) is 9.88 Å². The van der Waals surface area contributed by atoms with Crippen LogP contribution in [0.2, 0.25) is 0 Å². The third-order valence-electron chi connectivity index (χ3n) is 3.60. The third-order valence-corrected chi connectivity index (χ3v) is 4.51. The molecule has 2 aromatic heterocycles. The van der Waals surface area contributed by atoms with Crippen molar-refractivity contribution in [3.05, 3.63) is 29.5 Å². The first-order chi connectivity index (χ1) is 9.12. The Bertz CT molecular complexity index is 523. The SMILES string of the molecule is CC1(O)CCN(Cc2csc(-c3ccco3)n2)CC1. The number of aliphatic hydroxyl groups is 1. The van der Waals surface area contributed by atoms with Crippen LogP contribution in [-0.2, 0) is 6.54 Å². The molecule has 0 bridgehead atoms. The van der Waals surface area contributed by atoms with Crippen LogP contribution in [-0.4, -0.2) is 33.7 Å². The molecule has 0 spiro atoms. The van der Waals surface area contributed by atoms with E-state index in [-0.39, 0.29) is 0 Å². The third kappa shape index (κ3) is 3.05. The molecule has 1 fully saturated rings. The van der Waals surface area contributed by atoms with Crippen molar-refractivity contribution in [2.24, 2.45) is 0 Å². The first-order valence-corrected chi connectivity index (χ1v) is 7.43. The Morgan fingerprint density at radius 2 is 2.26 bits per heavy atom. The van der Waals surface area contributed by atoms with Gasteiger partial charge in [-0.1, -0.05) is 0 Å². The molecular weight excluding hydrogens is 260 g/mol. The lowest BCUT2D eigenvalue weighted by molar-refractivity contribution is -0.00753. The number of hydrogen-bond donors (Lipinski definition) is 1. The summed E-state index contributed by atoms with van der Waals surface area (Å²) in [6.07, 6.45) is 3.34. The molecule has 0 aromatic carbocycles. The summed E-state index contributed by atoms with van der Waals surface area (Å²) in [5.41, 5.74) is 0.593.